The van der Waals surface area contributed by atoms with E-state index >= 15 is 0 Å². The summed E-state index contributed by atoms with van der Waals surface area (Å²) in [5.41, 5.74) is 1.68. The van der Waals surface area contributed by atoms with Gasteiger partial charge in [0.1, 0.15) is 11.6 Å². The van der Waals surface area contributed by atoms with E-state index in [-0.39, 0.29) is 0 Å². The summed E-state index contributed by atoms with van der Waals surface area (Å²) in [5.74, 6) is -1.50. The van der Waals surface area contributed by atoms with Gasteiger partial charge in [-0.25, -0.2) is 4.98 Å². The molecule has 90 valence electrons. The lowest BCUT2D eigenvalue weighted by molar-refractivity contribution is -0.122. The van der Waals surface area contributed by atoms with Gasteiger partial charge < -0.3 is 5.11 Å². The second-order valence-corrected chi connectivity index (χ2v) is 4.51. The Morgan fingerprint density at radius 2 is 2.17 bits per heavy atom. The Morgan fingerprint density at radius 1 is 1.44 bits per heavy atom. The van der Waals surface area contributed by atoms with Crippen molar-refractivity contribution < 1.29 is 9.90 Å². The van der Waals surface area contributed by atoms with Crippen LogP contribution in [0, 0.1) is 11.3 Å². The van der Waals surface area contributed by atoms with Gasteiger partial charge in [-0.1, -0.05) is 30.3 Å². The summed E-state index contributed by atoms with van der Waals surface area (Å²) >= 11 is 1.26. The number of aliphatic hydroxyl groups is 1. The van der Waals surface area contributed by atoms with Gasteiger partial charge in [-0.15, -0.1) is 11.3 Å². The van der Waals surface area contributed by atoms with Crippen molar-refractivity contribution in [2.24, 2.45) is 0 Å². The maximum Gasteiger partial charge on any atom is 0.182 e. The molecule has 0 aliphatic heterocycles. The van der Waals surface area contributed by atoms with Crippen LogP contribution in [0.25, 0.3) is 11.3 Å². The predicted molar refractivity (Wildman–Crippen MR) is 68.0 cm³/mol. The number of thiazole rings is 1. The first-order chi connectivity index (χ1) is 8.76. The maximum atomic E-state index is 11.4. The zero-order valence-corrected chi connectivity index (χ0v) is 10.2. The third-order valence-corrected chi connectivity index (χ3v) is 3.35. The zero-order valence-electron chi connectivity index (χ0n) is 9.41. The maximum absolute atomic E-state index is 11.4. The number of Topliss-reactive ketones (excluding diaryl/α,β-unsaturated/α-hetero) is 1. The lowest BCUT2D eigenvalue weighted by atomic mass is 10.1. The summed E-state index contributed by atoms with van der Waals surface area (Å²) in [4.78, 5) is 15.7. The van der Waals surface area contributed by atoms with Crippen LogP contribution in [-0.2, 0) is 4.79 Å². The van der Waals surface area contributed by atoms with E-state index in [1.54, 1.807) is 5.38 Å². The first-order valence-electron chi connectivity index (χ1n) is 5.30. The van der Waals surface area contributed by atoms with Crippen molar-refractivity contribution >= 4 is 17.1 Å². The molecule has 2 aromatic rings. The molecule has 1 N–H and O–H groups in total. The highest BCUT2D eigenvalue weighted by atomic mass is 32.1. The molecule has 5 heteroatoms. The Morgan fingerprint density at radius 3 is 2.78 bits per heavy atom. The number of ketones is 1. The number of rotatable bonds is 4. The second-order valence-electron chi connectivity index (χ2n) is 3.62. The molecule has 1 unspecified atom stereocenters. The average molecular weight is 258 g/mol. The van der Waals surface area contributed by atoms with Crippen LogP contribution in [0.3, 0.4) is 0 Å². The molecule has 1 aromatic heterocycles. The summed E-state index contributed by atoms with van der Waals surface area (Å²) in [6.07, 6.45) is 0. The largest absolute Gasteiger partial charge is 0.389 e. The fourth-order valence-corrected chi connectivity index (χ4v) is 2.41. The summed E-state index contributed by atoms with van der Waals surface area (Å²) < 4.78 is 0. The molecule has 0 aliphatic carbocycles. The van der Waals surface area contributed by atoms with Gasteiger partial charge in [-0.3, -0.25) is 4.79 Å². The highest BCUT2D eigenvalue weighted by molar-refractivity contribution is 7.10. The second kappa shape index (κ2) is 5.54. The number of benzene rings is 1. The van der Waals surface area contributed by atoms with Crippen molar-refractivity contribution in [1.82, 2.24) is 4.98 Å². The van der Waals surface area contributed by atoms with E-state index in [0.29, 0.717) is 5.01 Å². The van der Waals surface area contributed by atoms with Crippen molar-refractivity contribution in [2.75, 3.05) is 6.61 Å². The molecule has 0 amide bonds. The van der Waals surface area contributed by atoms with Crippen molar-refractivity contribution in [1.29, 1.82) is 5.26 Å². The first-order valence-corrected chi connectivity index (χ1v) is 6.18. The van der Waals surface area contributed by atoms with Gasteiger partial charge >= 0.3 is 0 Å². The molecule has 0 bridgehead atoms. The molecule has 1 aromatic carbocycles. The van der Waals surface area contributed by atoms with E-state index in [1.807, 2.05) is 36.4 Å². The van der Waals surface area contributed by atoms with E-state index in [1.165, 1.54) is 11.3 Å². The number of nitriles is 1. The number of carbonyl (C=O) groups excluding carboxylic acids is 1. The molecular weight excluding hydrogens is 248 g/mol. The van der Waals surface area contributed by atoms with Gasteiger partial charge in [0.2, 0.25) is 0 Å². The minimum atomic E-state index is -0.975. The Labute approximate surface area is 108 Å². The van der Waals surface area contributed by atoms with Crippen molar-refractivity contribution in [3.8, 4) is 17.3 Å². The SMILES string of the molecule is N#CC(C(=O)CO)c1nc(-c2ccccc2)cs1. The van der Waals surface area contributed by atoms with E-state index in [9.17, 15) is 4.79 Å². The number of hydrogen-bond acceptors (Lipinski definition) is 5. The van der Waals surface area contributed by atoms with Crippen LogP contribution in [0.1, 0.15) is 10.9 Å². The van der Waals surface area contributed by atoms with Crippen molar-refractivity contribution in [2.45, 2.75) is 5.92 Å². The van der Waals surface area contributed by atoms with Crippen LogP contribution in [-0.4, -0.2) is 22.5 Å². The van der Waals surface area contributed by atoms with Crippen molar-refractivity contribution in [3.63, 3.8) is 0 Å². The third kappa shape index (κ3) is 2.45. The molecule has 1 atom stereocenters. The molecule has 0 spiro atoms. The first kappa shape index (κ1) is 12.4. The van der Waals surface area contributed by atoms with Crippen LogP contribution in [0.4, 0.5) is 0 Å². The normalized spacial score (nSPS) is 11.8. The van der Waals surface area contributed by atoms with Gasteiger partial charge in [0.05, 0.1) is 11.8 Å². The lowest BCUT2D eigenvalue weighted by Crippen LogP contribution is -2.14. The molecule has 0 fully saturated rings. The van der Waals surface area contributed by atoms with Crippen LogP contribution >= 0.6 is 11.3 Å². The van der Waals surface area contributed by atoms with Crippen LogP contribution in [0.2, 0.25) is 0 Å². The molecule has 2 rings (SSSR count). The van der Waals surface area contributed by atoms with E-state index in [0.717, 1.165) is 11.3 Å². The molecule has 4 nitrogen and oxygen atoms in total. The third-order valence-electron chi connectivity index (χ3n) is 2.45. The summed E-state index contributed by atoms with van der Waals surface area (Å²) in [5, 5.41) is 20.0. The molecule has 0 saturated carbocycles. The van der Waals surface area contributed by atoms with Gasteiger partial charge in [0, 0.05) is 10.9 Å². The van der Waals surface area contributed by atoms with Crippen molar-refractivity contribution in [3.05, 3.63) is 40.7 Å². The fraction of sp³-hybridized carbons (Fsp3) is 0.154. The average Bonchev–Trinajstić information content (AvgIpc) is 2.90. The Bertz CT molecular complexity index is 587. The predicted octanol–water partition coefficient (Wildman–Crippen LogP) is 1.98. The van der Waals surface area contributed by atoms with E-state index in [4.69, 9.17) is 10.4 Å². The van der Waals surface area contributed by atoms with Gasteiger partial charge in [0.15, 0.2) is 11.7 Å². The summed E-state index contributed by atoms with van der Waals surface area (Å²) in [6.45, 7) is -0.640. The van der Waals surface area contributed by atoms with E-state index in [2.05, 4.69) is 4.98 Å². The zero-order chi connectivity index (χ0) is 13.0. The number of hydrogen-bond donors (Lipinski definition) is 1. The standard InChI is InChI=1S/C13H10N2O2S/c14-6-10(12(17)7-16)13-15-11(8-18-13)9-4-2-1-3-5-9/h1-5,8,10,16H,7H2. The highest BCUT2D eigenvalue weighted by Crippen LogP contribution is 2.26. The molecule has 0 radical (unpaired) electrons. The fourth-order valence-electron chi connectivity index (χ4n) is 1.52. The lowest BCUT2D eigenvalue weighted by Gasteiger charge is -2.01. The smallest absolute Gasteiger partial charge is 0.182 e. The number of aliphatic hydroxyl groups excluding tert-OH is 1. The number of nitrogens with zero attached hydrogens (tertiary/aromatic N) is 2. The van der Waals surface area contributed by atoms with E-state index < -0.39 is 18.3 Å². The quantitative estimate of drug-likeness (QED) is 0.910. The Balaban J connectivity index is 2.31. The van der Waals surface area contributed by atoms with Crippen LogP contribution in [0.15, 0.2) is 35.7 Å². The molecule has 18 heavy (non-hydrogen) atoms. The van der Waals surface area contributed by atoms with Gasteiger partial charge in [-0.2, -0.15) is 5.26 Å². The minimum Gasteiger partial charge on any atom is -0.389 e. The molecule has 0 saturated heterocycles. The van der Waals surface area contributed by atoms with Crippen LogP contribution < -0.4 is 0 Å². The highest BCUT2D eigenvalue weighted by Gasteiger charge is 2.22. The van der Waals surface area contributed by atoms with Crippen LogP contribution in [0.5, 0.6) is 0 Å². The Kier molecular flexibility index (Phi) is 3.82. The molecular formula is C13H10N2O2S. The molecule has 1 heterocycles. The number of aromatic nitrogens is 1. The molecule has 0 aliphatic rings. The Hall–Kier alpha value is -2.03. The number of carbonyl (C=O) groups is 1. The summed E-state index contributed by atoms with van der Waals surface area (Å²) in [7, 11) is 0. The summed E-state index contributed by atoms with van der Waals surface area (Å²) in [6, 6.07) is 11.4. The van der Waals surface area contributed by atoms with Gasteiger partial charge in [0.25, 0.3) is 0 Å². The monoisotopic (exact) mass is 258 g/mol. The van der Waals surface area contributed by atoms with Gasteiger partial charge in [-0.05, 0) is 0 Å². The topological polar surface area (TPSA) is 74.0 Å². The minimum absolute atomic E-state index is 0.426.